The third-order valence-electron chi connectivity index (χ3n) is 4.15. The minimum Gasteiger partial charge on any atom is -0.378 e. The maximum Gasteiger partial charge on any atom is 0.292 e. The van der Waals surface area contributed by atoms with Gasteiger partial charge >= 0.3 is 0 Å². The minimum atomic E-state index is -0.513. The number of amides is 1. The third-order valence-corrected chi connectivity index (χ3v) is 4.15. The molecule has 0 atom stereocenters. The summed E-state index contributed by atoms with van der Waals surface area (Å²) in [6.07, 6.45) is 1.55. The van der Waals surface area contributed by atoms with Crippen LogP contribution in [0.2, 0.25) is 0 Å². The smallest absolute Gasteiger partial charge is 0.292 e. The van der Waals surface area contributed by atoms with Crippen molar-refractivity contribution in [3.05, 3.63) is 41.2 Å². The highest BCUT2D eigenvalue weighted by molar-refractivity contribution is 5.94. The van der Waals surface area contributed by atoms with Crippen LogP contribution in [0, 0.1) is 6.92 Å². The molecule has 3 aromatic rings. The Hall–Kier alpha value is -3.76. The van der Waals surface area contributed by atoms with E-state index in [1.807, 2.05) is 24.3 Å². The van der Waals surface area contributed by atoms with Crippen LogP contribution in [-0.4, -0.2) is 50.5 Å². The van der Waals surface area contributed by atoms with Gasteiger partial charge in [0.1, 0.15) is 0 Å². The van der Waals surface area contributed by atoms with Crippen LogP contribution in [0.5, 0.6) is 0 Å². The van der Waals surface area contributed by atoms with Gasteiger partial charge in [0, 0.05) is 18.8 Å². The molecule has 11 nitrogen and oxygen atoms in total. The molecule has 2 aromatic heterocycles. The first-order valence-electron chi connectivity index (χ1n) is 8.74. The van der Waals surface area contributed by atoms with E-state index in [-0.39, 0.29) is 17.3 Å². The topological polar surface area (TPSA) is 140 Å². The fraction of sp³-hybridized carbons (Fsp3) is 0.294. The molecule has 2 heterocycles. The van der Waals surface area contributed by atoms with Crippen molar-refractivity contribution in [2.75, 3.05) is 23.7 Å². The molecule has 28 heavy (non-hydrogen) atoms. The molecule has 0 fully saturated rings. The number of hydrogen-bond acceptors (Lipinski definition) is 9. The number of nitrogen functional groups attached to an aromatic ring is 1. The number of aromatic nitrogens is 5. The quantitative estimate of drug-likeness (QED) is 0.457. The Morgan fingerprint density at radius 1 is 1.29 bits per heavy atom. The molecule has 146 valence electrons. The molecule has 3 N–H and O–H groups in total. The molecule has 0 spiro atoms. The number of rotatable bonds is 7. The molecule has 0 unspecified atom stereocenters. The van der Waals surface area contributed by atoms with Crippen molar-refractivity contribution in [3.8, 4) is 5.82 Å². The number of hydrazone groups is 1. The molecule has 0 aliphatic carbocycles. The molecule has 0 aliphatic heterocycles. The van der Waals surface area contributed by atoms with E-state index < -0.39 is 5.91 Å². The third kappa shape index (κ3) is 3.82. The molecule has 0 radical (unpaired) electrons. The summed E-state index contributed by atoms with van der Waals surface area (Å²) in [5, 5.41) is 18.8. The second-order valence-corrected chi connectivity index (χ2v) is 5.87. The van der Waals surface area contributed by atoms with Gasteiger partial charge in [-0.2, -0.15) is 9.78 Å². The minimum absolute atomic E-state index is 0.00394. The number of nitrogens with one attached hydrogen (secondary N) is 1. The maximum atomic E-state index is 12.5. The lowest BCUT2D eigenvalue weighted by atomic mass is 10.2. The van der Waals surface area contributed by atoms with Gasteiger partial charge in [0.25, 0.3) is 5.91 Å². The number of hydrogen-bond donors (Lipinski definition) is 2. The van der Waals surface area contributed by atoms with Gasteiger partial charge in [-0.25, -0.2) is 10.1 Å². The average Bonchev–Trinajstić information content (AvgIpc) is 3.29. The molecule has 11 heteroatoms. The Labute approximate surface area is 161 Å². The van der Waals surface area contributed by atoms with Crippen LogP contribution in [0.15, 0.2) is 34.0 Å². The van der Waals surface area contributed by atoms with Crippen LogP contribution in [0.1, 0.15) is 35.6 Å². The highest BCUT2D eigenvalue weighted by Crippen LogP contribution is 2.15. The number of nitrogens with two attached hydrogens (primary N) is 1. The Bertz CT molecular complexity index is 971. The van der Waals surface area contributed by atoms with E-state index in [1.165, 1.54) is 0 Å². The normalized spacial score (nSPS) is 11.1. The zero-order chi connectivity index (χ0) is 20.1. The predicted octanol–water partition coefficient (Wildman–Crippen LogP) is 1.15. The summed E-state index contributed by atoms with van der Waals surface area (Å²) >= 11 is 0. The Kier molecular flexibility index (Phi) is 5.63. The lowest BCUT2D eigenvalue weighted by Gasteiger charge is -2.20. The van der Waals surface area contributed by atoms with Gasteiger partial charge in [-0.15, -0.1) is 5.10 Å². The summed E-state index contributed by atoms with van der Waals surface area (Å²) in [4.78, 5) is 14.8. The zero-order valence-corrected chi connectivity index (χ0v) is 15.8. The van der Waals surface area contributed by atoms with Crippen molar-refractivity contribution in [2.45, 2.75) is 20.8 Å². The standard InChI is InChI=1S/C17H21N9O2/c1-4-25(5-2)13-8-6-12(7-9-13)10-19-21-17(27)14-11(3)20-24-26(14)16-15(18)22-28-23-16/h6-10H,4-5H2,1-3H3,(H2,18,22)(H,21,27). The first-order chi connectivity index (χ1) is 13.5. The van der Waals surface area contributed by atoms with E-state index in [1.54, 1.807) is 13.1 Å². The highest BCUT2D eigenvalue weighted by Gasteiger charge is 2.22. The van der Waals surface area contributed by atoms with Gasteiger partial charge in [-0.05, 0) is 48.8 Å². The molecule has 1 aromatic carbocycles. The van der Waals surface area contributed by atoms with E-state index in [0.717, 1.165) is 29.0 Å². The first kappa shape index (κ1) is 19.0. The summed E-state index contributed by atoms with van der Waals surface area (Å²) in [7, 11) is 0. The van der Waals surface area contributed by atoms with E-state index >= 15 is 0 Å². The van der Waals surface area contributed by atoms with Crippen molar-refractivity contribution < 1.29 is 9.42 Å². The lowest BCUT2D eigenvalue weighted by molar-refractivity contribution is 0.0946. The van der Waals surface area contributed by atoms with Crippen LogP contribution in [0.3, 0.4) is 0 Å². The number of carbonyl (C=O) groups excluding carboxylic acids is 1. The van der Waals surface area contributed by atoms with Crippen molar-refractivity contribution in [2.24, 2.45) is 5.10 Å². The van der Waals surface area contributed by atoms with E-state index in [4.69, 9.17) is 5.73 Å². The lowest BCUT2D eigenvalue weighted by Crippen LogP contribution is -2.23. The van der Waals surface area contributed by atoms with E-state index in [2.05, 4.69) is 54.5 Å². The summed E-state index contributed by atoms with van der Waals surface area (Å²) in [5.74, 6) is -0.432. The largest absolute Gasteiger partial charge is 0.378 e. The van der Waals surface area contributed by atoms with Crippen molar-refractivity contribution in [3.63, 3.8) is 0 Å². The number of carbonyl (C=O) groups is 1. The second kappa shape index (κ2) is 8.29. The van der Waals surface area contributed by atoms with E-state index in [9.17, 15) is 4.79 Å². The summed E-state index contributed by atoms with van der Waals surface area (Å²) in [5.41, 5.74) is 10.6. The van der Waals surface area contributed by atoms with Gasteiger partial charge in [0.2, 0.25) is 11.6 Å². The predicted molar refractivity (Wildman–Crippen MR) is 103 cm³/mol. The molecule has 0 saturated carbocycles. The summed E-state index contributed by atoms with van der Waals surface area (Å²) in [6, 6.07) is 7.89. The van der Waals surface area contributed by atoms with Crippen LogP contribution in [0.4, 0.5) is 11.5 Å². The Balaban J connectivity index is 1.71. The molecule has 0 bridgehead atoms. The van der Waals surface area contributed by atoms with Crippen LogP contribution in [-0.2, 0) is 0 Å². The highest BCUT2D eigenvalue weighted by atomic mass is 16.6. The van der Waals surface area contributed by atoms with Gasteiger partial charge in [-0.3, -0.25) is 4.79 Å². The molecule has 0 aliphatic rings. The monoisotopic (exact) mass is 383 g/mol. The van der Waals surface area contributed by atoms with Crippen molar-refractivity contribution in [1.29, 1.82) is 0 Å². The fourth-order valence-corrected chi connectivity index (χ4v) is 2.68. The van der Waals surface area contributed by atoms with Gasteiger partial charge < -0.3 is 10.6 Å². The van der Waals surface area contributed by atoms with Crippen molar-refractivity contribution >= 4 is 23.6 Å². The molecule has 3 rings (SSSR count). The number of nitrogens with zero attached hydrogens (tertiary/aromatic N) is 7. The Morgan fingerprint density at radius 3 is 2.61 bits per heavy atom. The average molecular weight is 383 g/mol. The van der Waals surface area contributed by atoms with Crippen LogP contribution in [0.25, 0.3) is 5.82 Å². The van der Waals surface area contributed by atoms with Crippen LogP contribution < -0.4 is 16.1 Å². The summed E-state index contributed by atoms with van der Waals surface area (Å²) < 4.78 is 5.70. The molecule has 1 amide bonds. The first-order valence-corrected chi connectivity index (χ1v) is 8.74. The Morgan fingerprint density at radius 2 is 2.00 bits per heavy atom. The van der Waals surface area contributed by atoms with Gasteiger partial charge in [-0.1, -0.05) is 17.3 Å². The molecule has 0 saturated heterocycles. The number of anilines is 2. The number of aryl methyl sites for hydroxylation is 1. The van der Waals surface area contributed by atoms with E-state index in [0.29, 0.717) is 5.69 Å². The number of benzene rings is 1. The van der Waals surface area contributed by atoms with Crippen LogP contribution >= 0.6 is 0 Å². The zero-order valence-electron chi connectivity index (χ0n) is 15.8. The molecular formula is C17H21N9O2. The van der Waals surface area contributed by atoms with Gasteiger partial charge in [0.05, 0.1) is 11.9 Å². The summed E-state index contributed by atoms with van der Waals surface area (Å²) in [6.45, 7) is 7.73. The van der Waals surface area contributed by atoms with Crippen molar-refractivity contribution in [1.82, 2.24) is 30.7 Å². The second-order valence-electron chi connectivity index (χ2n) is 5.87. The van der Waals surface area contributed by atoms with Gasteiger partial charge in [0.15, 0.2) is 5.69 Å². The SMILES string of the molecule is CCN(CC)c1ccc(C=NNC(=O)c2c(C)nnn2-c2nonc2N)cc1. The maximum absolute atomic E-state index is 12.5. The fourth-order valence-electron chi connectivity index (χ4n) is 2.68. The molecular weight excluding hydrogens is 362 g/mol.